The zero-order valence-electron chi connectivity index (χ0n) is 9.84. The number of rotatable bonds is 6. The van der Waals surface area contributed by atoms with Gasteiger partial charge < -0.3 is 10.6 Å². The topological polar surface area (TPSA) is 64.9 Å². The molecule has 0 heterocycles. The van der Waals surface area contributed by atoms with E-state index in [0.717, 1.165) is 32.1 Å². The van der Waals surface area contributed by atoms with Crippen LogP contribution in [0, 0.1) is 11.3 Å². The summed E-state index contributed by atoms with van der Waals surface area (Å²) >= 11 is 5.52. The fraction of sp³-hybridized carbons (Fsp3) is 0.667. The van der Waals surface area contributed by atoms with E-state index in [2.05, 4.69) is 10.6 Å². The second-order valence-corrected chi connectivity index (χ2v) is 4.50. The predicted octanol–water partition coefficient (Wildman–Crippen LogP) is 1.67. The second kappa shape index (κ2) is 7.97. The van der Waals surface area contributed by atoms with Crippen LogP contribution < -0.4 is 10.6 Å². The lowest BCUT2D eigenvalue weighted by Crippen LogP contribution is -2.33. The van der Waals surface area contributed by atoms with Gasteiger partial charge in [0.2, 0.25) is 0 Å². The molecule has 0 radical (unpaired) electrons. The van der Waals surface area contributed by atoms with Gasteiger partial charge in [-0.2, -0.15) is 5.26 Å². The Balaban J connectivity index is 2.37. The molecule has 1 amide bonds. The van der Waals surface area contributed by atoms with Gasteiger partial charge in [0.1, 0.15) is 11.6 Å². The Labute approximate surface area is 107 Å². The van der Waals surface area contributed by atoms with E-state index < -0.39 is 0 Å². The van der Waals surface area contributed by atoms with Gasteiger partial charge in [0, 0.05) is 24.7 Å². The van der Waals surface area contributed by atoms with Crippen LogP contribution in [0.4, 0.5) is 0 Å². The molecule has 94 valence electrons. The SMILES string of the molecule is N#C/C(=C/NCCCCl)C(=O)NC1CCCC1. The highest BCUT2D eigenvalue weighted by Gasteiger charge is 2.18. The smallest absolute Gasteiger partial charge is 0.263 e. The van der Waals surface area contributed by atoms with Gasteiger partial charge in [-0.1, -0.05) is 12.8 Å². The molecule has 17 heavy (non-hydrogen) atoms. The number of halogens is 1. The van der Waals surface area contributed by atoms with E-state index in [1.165, 1.54) is 6.20 Å². The minimum absolute atomic E-state index is 0.131. The van der Waals surface area contributed by atoms with Crippen molar-refractivity contribution in [3.8, 4) is 6.07 Å². The maximum Gasteiger partial charge on any atom is 0.263 e. The molecule has 0 aromatic heterocycles. The van der Waals surface area contributed by atoms with E-state index in [1.54, 1.807) is 0 Å². The van der Waals surface area contributed by atoms with Gasteiger partial charge in [0.25, 0.3) is 5.91 Å². The summed E-state index contributed by atoms with van der Waals surface area (Å²) in [5.74, 6) is 0.287. The fourth-order valence-electron chi connectivity index (χ4n) is 1.82. The lowest BCUT2D eigenvalue weighted by atomic mass is 10.2. The third-order valence-corrected chi connectivity index (χ3v) is 3.02. The molecule has 0 unspecified atom stereocenters. The third-order valence-electron chi connectivity index (χ3n) is 2.76. The molecule has 0 aliphatic heterocycles. The molecule has 1 saturated carbocycles. The quantitative estimate of drug-likeness (QED) is 0.328. The number of carbonyl (C=O) groups excluding carboxylic acids is 1. The van der Waals surface area contributed by atoms with Gasteiger partial charge in [0.15, 0.2) is 0 Å². The first-order valence-corrected chi connectivity index (χ1v) is 6.52. The van der Waals surface area contributed by atoms with Gasteiger partial charge in [-0.05, 0) is 19.3 Å². The van der Waals surface area contributed by atoms with Gasteiger partial charge in [-0.25, -0.2) is 0 Å². The molecule has 2 N–H and O–H groups in total. The molecule has 1 fully saturated rings. The number of hydrogen-bond donors (Lipinski definition) is 2. The summed E-state index contributed by atoms with van der Waals surface area (Å²) < 4.78 is 0. The van der Waals surface area contributed by atoms with Gasteiger partial charge in [-0.15, -0.1) is 11.6 Å². The van der Waals surface area contributed by atoms with Crippen LogP contribution in [-0.4, -0.2) is 24.4 Å². The number of carbonyl (C=O) groups is 1. The summed E-state index contributed by atoms with van der Waals surface area (Å²) in [4.78, 5) is 11.7. The summed E-state index contributed by atoms with van der Waals surface area (Å²) in [6.07, 6.45) is 6.63. The first-order chi connectivity index (χ1) is 8.27. The number of amides is 1. The molecule has 0 atom stereocenters. The number of nitriles is 1. The number of nitrogens with zero attached hydrogens (tertiary/aromatic N) is 1. The molecule has 0 aromatic rings. The van der Waals surface area contributed by atoms with Crippen LogP contribution in [0.2, 0.25) is 0 Å². The van der Waals surface area contributed by atoms with Gasteiger partial charge in [0.05, 0.1) is 0 Å². The maximum atomic E-state index is 11.7. The second-order valence-electron chi connectivity index (χ2n) is 4.12. The van der Waals surface area contributed by atoms with E-state index in [1.807, 2.05) is 6.07 Å². The van der Waals surface area contributed by atoms with Crippen molar-refractivity contribution in [2.75, 3.05) is 12.4 Å². The lowest BCUT2D eigenvalue weighted by molar-refractivity contribution is -0.117. The predicted molar refractivity (Wildman–Crippen MR) is 67.4 cm³/mol. The molecule has 0 bridgehead atoms. The van der Waals surface area contributed by atoms with Crippen molar-refractivity contribution in [3.63, 3.8) is 0 Å². The highest BCUT2D eigenvalue weighted by molar-refractivity contribution is 6.17. The summed E-state index contributed by atoms with van der Waals surface area (Å²) in [6.45, 7) is 0.672. The number of hydrogen-bond acceptors (Lipinski definition) is 3. The minimum Gasteiger partial charge on any atom is -0.390 e. The Morgan fingerprint density at radius 3 is 2.76 bits per heavy atom. The van der Waals surface area contributed by atoms with Crippen molar-refractivity contribution in [2.24, 2.45) is 0 Å². The molecular weight excluding hydrogens is 238 g/mol. The van der Waals surface area contributed by atoms with Crippen LogP contribution in [-0.2, 0) is 4.79 Å². The summed E-state index contributed by atoms with van der Waals surface area (Å²) in [5, 5.41) is 14.7. The van der Waals surface area contributed by atoms with Crippen molar-refractivity contribution >= 4 is 17.5 Å². The van der Waals surface area contributed by atoms with E-state index in [4.69, 9.17) is 16.9 Å². The third kappa shape index (κ3) is 5.10. The van der Waals surface area contributed by atoms with Gasteiger partial charge in [-0.3, -0.25) is 4.79 Å². The lowest BCUT2D eigenvalue weighted by Gasteiger charge is -2.11. The fourth-order valence-corrected chi connectivity index (χ4v) is 1.96. The molecule has 0 saturated heterocycles. The Hall–Kier alpha value is -1.21. The van der Waals surface area contributed by atoms with E-state index in [-0.39, 0.29) is 17.5 Å². The van der Waals surface area contributed by atoms with Crippen LogP contribution in [0.3, 0.4) is 0 Å². The van der Waals surface area contributed by atoms with E-state index in [0.29, 0.717) is 12.4 Å². The average molecular weight is 256 g/mol. The van der Waals surface area contributed by atoms with Crippen molar-refractivity contribution in [1.82, 2.24) is 10.6 Å². The van der Waals surface area contributed by atoms with E-state index in [9.17, 15) is 4.79 Å². The van der Waals surface area contributed by atoms with Crippen LogP contribution in [0.25, 0.3) is 0 Å². The normalized spacial score (nSPS) is 16.6. The van der Waals surface area contributed by atoms with Crippen LogP contribution in [0.15, 0.2) is 11.8 Å². The molecule has 4 nitrogen and oxygen atoms in total. The largest absolute Gasteiger partial charge is 0.390 e. The molecule has 0 aromatic carbocycles. The van der Waals surface area contributed by atoms with Crippen molar-refractivity contribution in [3.05, 3.63) is 11.8 Å². The first-order valence-electron chi connectivity index (χ1n) is 5.98. The maximum absolute atomic E-state index is 11.7. The molecule has 0 spiro atoms. The summed E-state index contributed by atoms with van der Waals surface area (Å²) in [7, 11) is 0. The Kier molecular flexibility index (Phi) is 6.49. The number of nitrogens with one attached hydrogen (secondary N) is 2. The first kappa shape index (κ1) is 13.9. The molecule has 1 aliphatic rings. The Morgan fingerprint density at radius 2 is 2.18 bits per heavy atom. The van der Waals surface area contributed by atoms with Crippen LogP contribution in [0.1, 0.15) is 32.1 Å². The standard InChI is InChI=1S/C12H18ClN3O/c13-6-3-7-15-9-10(8-14)12(17)16-11-4-1-2-5-11/h9,11,15H,1-7H2,(H,16,17)/b10-9-. The zero-order valence-corrected chi connectivity index (χ0v) is 10.6. The number of alkyl halides is 1. The molecular formula is C12H18ClN3O. The van der Waals surface area contributed by atoms with Crippen LogP contribution in [0.5, 0.6) is 0 Å². The highest BCUT2D eigenvalue weighted by atomic mass is 35.5. The van der Waals surface area contributed by atoms with Crippen molar-refractivity contribution in [2.45, 2.75) is 38.1 Å². The van der Waals surface area contributed by atoms with Crippen LogP contribution >= 0.6 is 11.6 Å². The summed E-state index contributed by atoms with van der Waals surface area (Å²) in [5.41, 5.74) is 0.131. The molecule has 1 rings (SSSR count). The average Bonchev–Trinajstić information content (AvgIpc) is 2.82. The van der Waals surface area contributed by atoms with E-state index >= 15 is 0 Å². The Bertz CT molecular complexity index is 316. The van der Waals surface area contributed by atoms with Gasteiger partial charge >= 0.3 is 0 Å². The zero-order chi connectivity index (χ0) is 12.5. The molecule has 1 aliphatic carbocycles. The van der Waals surface area contributed by atoms with Crippen molar-refractivity contribution in [1.29, 1.82) is 5.26 Å². The van der Waals surface area contributed by atoms with Crippen molar-refractivity contribution < 1.29 is 4.79 Å². The molecule has 5 heteroatoms. The minimum atomic E-state index is -0.280. The monoisotopic (exact) mass is 255 g/mol. The summed E-state index contributed by atoms with van der Waals surface area (Å²) in [6, 6.07) is 2.14. The Morgan fingerprint density at radius 1 is 1.47 bits per heavy atom. The highest BCUT2D eigenvalue weighted by Crippen LogP contribution is 2.17.